The van der Waals surface area contributed by atoms with Crippen LogP contribution in [0, 0.1) is 0 Å². The van der Waals surface area contributed by atoms with Gasteiger partial charge in [-0.2, -0.15) is 0 Å². The summed E-state index contributed by atoms with van der Waals surface area (Å²) in [5.41, 5.74) is 3.52. The first kappa shape index (κ1) is 23.0. The Balaban J connectivity index is 1.48. The van der Waals surface area contributed by atoms with Crippen LogP contribution in [-0.4, -0.2) is 53.9 Å². The van der Waals surface area contributed by atoms with Gasteiger partial charge in [0, 0.05) is 55.6 Å². The van der Waals surface area contributed by atoms with Gasteiger partial charge in [-0.25, -0.2) is 0 Å². The number of rotatable bonds is 5. The molecule has 8 heteroatoms. The Morgan fingerprint density at radius 3 is 2.03 bits per heavy atom. The Hall–Kier alpha value is -4.17. The SMILES string of the molecule is CC(=O)Nc1ccc(NC(=O)c2cc(O)cc(-c3ccc(C(=O)N4CCNCC4)cc3)c2)cc1. The molecule has 3 aromatic carbocycles. The van der Waals surface area contributed by atoms with Gasteiger partial charge in [-0.3, -0.25) is 14.4 Å². The molecule has 3 aromatic rings. The lowest BCUT2D eigenvalue weighted by Gasteiger charge is -2.27. The molecule has 1 aliphatic heterocycles. The second-order valence-electron chi connectivity index (χ2n) is 8.10. The molecule has 1 fully saturated rings. The third-order valence-corrected chi connectivity index (χ3v) is 5.51. The Kier molecular flexibility index (Phi) is 6.89. The number of phenolic OH excluding ortho intramolecular Hbond substituents is 1. The number of amides is 3. The number of aromatic hydroxyl groups is 1. The minimum Gasteiger partial charge on any atom is -0.508 e. The van der Waals surface area contributed by atoms with Gasteiger partial charge in [0.2, 0.25) is 5.91 Å². The lowest BCUT2D eigenvalue weighted by Crippen LogP contribution is -2.46. The normalized spacial score (nSPS) is 13.3. The van der Waals surface area contributed by atoms with Gasteiger partial charge < -0.3 is 26.0 Å². The molecule has 4 N–H and O–H groups in total. The molecular formula is C26H26N4O4. The first-order valence-electron chi connectivity index (χ1n) is 11.0. The fourth-order valence-electron chi connectivity index (χ4n) is 3.81. The zero-order valence-corrected chi connectivity index (χ0v) is 18.8. The molecule has 174 valence electrons. The van der Waals surface area contributed by atoms with Gasteiger partial charge in [-0.15, -0.1) is 0 Å². The molecule has 0 saturated carbocycles. The monoisotopic (exact) mass is 458 g/mol. The highest BCUT2D eigenvalue weighted by molar-refractivity contribution is 6.05. The molecule has 0 bridgehead atoms. The number of phenols is 1. The summed E-state index contributed by atoms with van der Waals surface area (Å²) in [7, 11) is 0. The fourth-order valence-corrected chi connectivity index (χ4v) is 3.81. The number of carbonyl (C=O) groups is 3. The largest absolute Gasteiger partial charge is 0.508 e. The van der Waals surface area contributed by atoms with E-state index >= 15 is 0 Å². The average molecular weight is 459 g/mol. The molecule has 0 spiro atoms. The van der Waals surface area contributed by atoms with Crippen molar-refractivity contribution in [1.82, 2.24) is 10.2 Å². The van der Waals surface area contributed by atoms with E-state index in [1.54, 1.807) is 48.5 Å². The molecule has 34 heavy (non-hydrogen) atoms. The third-order valence-electron chi connectivity index (χ3n) is 5.51. The molecule has 1 aliphatic rings. The smallest absolute Gasteiger partial charge is 0.255 e. The Morgan fingerprint density at radius 2 is 1.41 bits per heavy atom. The molecule has 8 nitrogen and oxygen atoms in total. The van der Waals surface area contributed by atoms with E-state index in [2.05, 4.69) is 16.0 Å². The highest BCUT2D eigenvalue weighted by atomic mass is 16.3. The van der Waals surface area contributed by atoms with Crippen LogP contribution in [0.2, 0.25) is 0 Å². The minimum atomic E-state index is -0.380. The van der Waals surface area contributed by atoms with Crippen molar-refractivity contribution in [3.05, 3.63) is 77.9 Å². The molecule has 0 aliphatic carbocycles. The van der Waals surface area contributed by atoms with Gasteiger partial charge >= 0.3 is 0 Å². The van der Waals surface area contributed by atoms with Crippen LogP contribution in [-0.2, 0) is 4.79 Å². The Labute approximate surface area is 197 Å². The number of piperazine rings is 1. The van der Waals surface area contributed by atoms with Crippen molar-refractivity contribution < 1.29 is 19.5 Å². The summed E-state index contributed by atoms with van der Waals surface area (Å²) in [5, 5.41) is 18.9. The summed E-state index contributed by atoms with van der Waals surface area (Å²) < 4.78 is 0. The molecule has 0 aromatic heterocycles. The summed E-state index contributed by atoms with van der Waals surface area (Å²) in [5.74, 6) is -0.599. The molecule has 1 saturated heterocycles. The maximum absolute atomic E-state index is 12.8. The van der Waals surface area contributed by atoms with Crippen LogP contribution in [0.5, 0.6) is 5.75 Å². The van der Waals surface area contributed by atoms with E-state index in [1.807, 2.05) is 17.0 Å². The molecule has 1 heterocycles. The van der Waals surface area contributed by atoms with Crippen LogP contribution in [0.15, 0.2) is 66.7 Å². The predicted octanol–water partition coefficient (Wildman–Crippen LogP) is 3.32. The topological polar surface area (TPSA) is 111 Å². The third kappa shape index (κ3) is 5.60. The number of benzene rings is 3. The number of hydrogen-bond acceptors (Lipinski definition) is 5. The van der Waals surface area contributed by atoms with Crippen molar-refractivity contribution in [2.45, 2.75) is 6.92 Å². The van der Waals surface area contributed by atoms with E-state index in [-0.39, 0.29) is 23.5 Å². The summed E-state index contributed by atoms with van der Waals surface area (Å²) >= 11 is 0. The second kappa shape index (κ2) is 10.2. The maximum Gasteiger partial charge on any atom is 0.255 e. The van der Waals surface area contributed by atoms with Crippen LogP contribution in [0.4, 0.5) is 11.4 Å². The van der Waals surface area contributed by atoms with Crippen molar-refractivity contribution in [2.24, 2.45) is 0 Å². The van der Waals surface area contributed by atoms with Crippen LogP contribution < -0.4 is 16.0 Å². The summed E-state index contributed by atoms with van der Waals surface area (Å²) in [4.78, 5) is 38.4. The standard InChI is InChI=1S/C26H26N4O4/c1-17(31)28-22-6-8-23(9-7-22)29-25(33)21-14-20(15-24(32)16-21)18-2-4-19(5-3-18)26(34)30-12-10-27-11-13-30/h2-9,14-16,27,32H,10-13H2,1H3,(H,28,31)(H,29,33). The van der Waals surface area contributed by atoms with E-state index in [0.29, 0.717) is 41.2 Å². The maximum atomic E-state index is 12.8. The van der Waals surface area contributed by atoms with Crippen LogP contribution in [0.3, 0.4) is 0 Å². The van der Waals surface area contributed by atoms with Crippen LogP contribution in [0.1, 0.15) is 27.6 Å². The lowest BCUT2D eigenvalue weighted by molar-refractivity contribution is -0.114. The molecule has 0 unspecified atom stereocenters. The van der Waals surface area contributed by atoms with E-state index in [0.717, 1.165) is 18.7 Å². The fraction of sp³-hybridized carbons (Fsp3) is 0.192. The summed E-state index contributed by atoms with van der Waals surface area (Å²) in [6, 6.07) is 18.6. The van der Waals surface area contributed by atoms with Crippen molar-refractivity contribution >= 4 is 29.1 Å². The van der Waals surface area contributed by atoms with Gasteiger partial charge in [0.25, 0.3) is 11.8 Å². The van der Waals surface area contributed by atoms with Crippen molar-refractivity contribution in [3.8, 4) is 16.9 Å². The van der Waals surface area contributed by atoms with Gasteiger partial charge in [0.15, 0.2) is 0 Å². The minimum absolute atomic E-state index is 0.00597. The van der Waals surface area contributed by atoms with E-state index < -0.39 is 0 Å². The molecule has 0 radical (unpaired) electrons. The Bertz CT molecular complexity index is 1200. The number of hydrogen-bond donors (Lipinski definition) is 4. The van der Waals surface area contributed by atoms with Gasteiger partial charge in [-0.1, -0.05) is 12.1 Å². The average Bonchev–Trinajstić information content (AvgIpc) is 2.85. The number of anilines is 2. The summed E-state index contributed by atoms with van der Waals surface area (Å²) in [6.45, 7) is 4.37. The van der Waals surface area contributed by atoms with Crippen molar-refractivity contribution in [2.75, 3.05) is 36.8 Å². The van der Waals surface area contributed by atoms with Gasteiger partial charge in [-0.05, 0) is 65.7 Å². The summed E-state index contributed by atoms with van der Waals surface area (Å²) in [6.07, 6.45) is 0. The highest BCUT2D eigenvalue weighted by Gasteiger charge is 2.18. The zero-order valence-electron chi connectivity index (χ0n) is 18.8. The zero-order chi connectivity index (χ0) is 24.1. The quantitative estimate of drug-likeness (QED) is 0.469. The number of nitrogens with zero attached hydrogens (tertiary/aromatic N) is 1. The van der Waals surface area contributed by atoms with Gasteiger partial charge in [0.05, 0.1) is 0 Å². The van der Waals surface area contributed by atoms with Crippen molar-refractivity contribution in [1.29, 1.82) is 0 Å². The van der Waals surface area contributed by atoms with E-state index in [9.17, 15) is 19.5 Å². The van der Waals surface area contributed by atoms with Crippen molar-refractivity contribution in [3.63, 3.8) is 0 Å². The first-order valence-corrected chi connectivity index (χ1v) is 11.0. The molecular weight excluding hydrogens is 432 g/mol. The highest BCUT2D eigenvalue weighted by Crippen LogP contribution is 2.27. The molecule has 0 atom stereocenters. The number of nitrogens with one attached hydrogen (secondary N) is 3. The van der Waals surface area contributed by atoms with Crippen LogP contribution in [0.25, 0.3) is 11.1 Å². The predicted molar refractivity (Wildman–Crippen MR) is 131 cm³/mol. The van der Waals surface area contributed by atoms with Crippen LogP contribution >= 0.6 is 0 Å². The van der Waals surface area contributed by atoms with Gasteiger partial charge in [0.1, 0.15) is 5.75 Å². The number of carbonyl (C=O) groups excluding carboxylic acids is 3. The Morgan fingerprint density at radius 1 is 0.794 bits per heavy atom. The first-order chi connectivity index (χ1) is 16.4. The van der Waals surface area contributed by atoms with E-state index in [1.165, 1.54) is 13.0 Å². The molecule has 4 rings (SSSR count). The molecule has 3 amide bonds. The van der Waals surface area contributed by atoms with E-state index in [4.69, 9.17) is 0 Å². The lowest BCUT2D eigenvalue weighted by atomic mass is 10.0. The second-order valence-corrected chi connectivity index (χ2v) is 8.10.